The third-order valence-electron chi connectivity index (χ3n) is 1.36. The van der Waals surface area contributed by atoms with Gasteiger partial charge in [0.05, 0.1) is 0 Å². The summed E-state index contributed by atoms with van der Waals surface area (Å²) in [6.07, 6.45) is 0. The van der Waals surface area contributed by atoms with Crippen LogP contribution < -0.4 is 0 Å². The van der Waals surface area contributed by atoms with Gasteiger partial charge >= 0.3 is 0 Å². The summed E-state index contributed by atoms with van der Waals surface area (Å²) in [6, 6.07) is 0. The first-order chi connectivity index (χ1) is 4.24. The van der Waals surface area contributed by atoms with E-state index in [4.69, 9.17) is 0 Å². The zero-order valence-electron chi connectivity index (χ0n) is 6.09. The highest BCUT2D eigenvalue weighted by molar-refractivity contribution is 8.14. The molecule has 0 saturated carbocycles. The second-order valence-corrected chi connectivity index (χ2v) is 3.72. The monoisotopic (exact) mass is 144 g/mol. The molecule has 1 heterocycles. The number of thioether (sulfide) groups is 1. The molecule has 0 aromatic heterocycles. The zero-order chi connectivity index (χ0) is 6.85. The van der Waals surface area contributed by atoms with Crippen molar-refractivity contribution in [3.8, 4) is 0 Å². The van der Waals surface area contributed by atoms with Gasteiger partial charge in [-0.2, -0.15) is 0 Å². The van der Waals surface area contributed by atoms with Crippen LogP contribution in [0.15, 0.2) is 4.99 Å². The summed E-state index contributed by atoms with van der Waals surface area (Å²) >= 11 is 1.85. The van der Waals surface area contributed by atoms with Gasteiger partial charge in [-0.15, -0.1) is 0 Å². The van der Waals surface area contributed by atoms with Crippen LogP contribution in [0.2, 0.25) is 0 Å². The van der Waals surface area contributed by atoms with Crippen LogP contribution >= 0.6 is 11.8 Å². The standard InChI is InChI=1S/C6H12N2S/c1-5-4-8(3)6(7-2)9-5/h5H,4H2,1-3H3. The van der Waals surface area contributed by atoms with Gasteiger partial charge in [-0.1, -0.05) is 18.7 Å². The van der Waals surface area contributed by atoms with E-state index >= 15 is 0 Å². The number of hydrogen-bond acceptors (Lipinski definition) is 2. The Balaban J connectivity index is 2.58. The molecular formula is C6H12N2S. The van der Waals surface area contributed by atoms with Crippen LogP contribution in [0.5, 0.6) is 0 Å². The molecule has 0 amide bonds. The molecule has 2 nitrogen and oxygen atoms in total. The van der Waals surface area contributed by atoms with Gasteiger partial charge in [-0.25, -0.2) is 0 Å². The molecule has 1 fully saturated rings. The summed E-state index contributed by atoms with van der Waals surface area (Å²) in [6.45, 7) is 3.36. The lowest BCUT2D eigenvalue weighted by Crippen LogP contribution is -2.19. The van der Waals surface area contributed by atoms with Crippen molar-refractivity contribution in [2.45, 2.75) is 12.2 Å². The second kappa shape index (κ2) is 2.60. The van der Waals surface area contributed by atoms with E-state index in [1.807, 2.05) is 18.8 Å². The van der Waals surface area contributed by atoms with Crippen molar-refractivity contribution in [3.05, 3.63) is 0 Å². The minimum Gasteiger partial charge on any atom is -0.353 e. The summed E-state index contributed by atoms with van der Waals surface area (Å²) in [5, 5.41) is 1.89. The van der Waals surface area contributed by atoms with E-state index in [9.17, 15) is 0 Å². The second-order valence-electron chi connectivity index (χ2n) is 2.32. The van der Waals surface area contributed by atoms with E-state index in [0.717, 1.165) is 6.54 Å². The van der Waals surface area contributed by atoms with Crippen LogP contribution in [-0.4, -0.2) is 36.0 Å². The van der Waals surface area contributed by atoms with Gasteiger partial charge in [-0.3, -0.25) is 4.99 Å². The van der Waals surface area contributed by atoms with Gasteiger partial charge in [0.2, 0.25) is 0 Å². The number of rotatable bonds is 0. The minimum atomic E-state index is 0.716. The van der Waals surface area contributed by atoms with Crippen molar-refractivity contribution in [2.24, 2.45) is 4.99 Å². The Morgan fingerprint density at radius 2 is 2.44 bits per heavy atom. The largest absolute Gasteiger partial charge is 0.353 e. The fourth-order valence-corrected chi connectivity index (χ4v) is 2.01. The molecule has 1 atom stereocenters. The lowest BCUT2D eigenvalue weighted by Gasteiger charge is -2.07. The van der Waals surface area contributed by atoms with E-state index in [-0.39, 0.29) is 0 Å². The molecule has 0 radical (unpaired) electrons. The SMILES string of the molecule is CN=C1SC(C)CN1C. The fourth-order valence-electron chi connectivity index (χ4n) is 0.994. The predicted molar refractivity (Wildman–Crippen MR) is 43.0 cm³/mol. The van der Waals surface area contributed by atoms with E-state index in [2.05, 4.69) is 23.9 Å². The summed E-state index contributed by atoms with van der Waals surface area (Å²) in [5.41, 5.74) is 0. The van der Waals surface area contributed by atoms with Gasteiger partial charge < -0.3 is 4.90 Å². The number of hydrogen-bond donors (Lipinski definition) is 0. The van der Waals surface area contributed by atoms with E-state index in [0.29, 0.717) is 5.25 Å². The summed E-state index contributed by atoms with van der Waals surface area (Å²) in [7, 11) is 3.93. The minimum absolute atomic E-state index is 0.716. The third kappa shape index (κ3) is 1.39. The first kappa shape index (κ1) is 6.93. The summed E-state index contributed by atoms with van der Waals surface area (Å²) in [5.74, 6) is 0. The topological polar surface area (TPSA) is 15.6 Å². The van der Waals surface area contributed by atoms with Gasteiger partial charge in [0.25, 0.3) is 0 Å². The van der Waals surface area contributed by atoms with Crippen molar-refractivity contribution in [2.75, 3.05) is 20.6 Å². The predicted octanol–water partition coefficient (Wildman–Crippen LogP) is 1.04. The summed E-state index contributed by atoms with van der Waals surface area (Å²) < 4.78 is 0. The molecule has 3 heteroatoms. The van der Waals surface area contributed by atoms with Crippen LogP contribution in [0, 0.1) is 0 Å². The molecule has 1 saturated heterocycles. The average molecular weight is 144 g/mol. The maximum Gasteiger partial charge on any atom is 0.159 e. The molecule has 0 aromatic rings. The van der Waals surface area contributed by atoms with Crippen molar-refractivity contribution in [1.82, 2.24) is 4.90 Å². The van der Waals surface area contributed by atoms with Gasteiger partial charge in [0, 0.05) is 25.9 Å². The molecular weight excluding hydrogens is 132 g/mol. The smallest absolute Gasteiger partial charge is 0.159 e. The Morgan fingerprint density at radius 1 is 1.78 bits per heavy atom. The normalized spacial score (nSPS) is 32.1. The molecule has 0 bridgehead atoms. The van der Waals surface area contributed by atoms with E-state index in [1.165, 1.54) is 5.17 Å². The molecule has 0 aromatic carbocycles. The highest BCUT2D eigenvalue weighted by atomic mass is 32.2. The van der Waals surface area contributed by atoms with Crippen LogP contribution in [0.1, 0.15) is 6.92 Å². The Hall–Kier alpha value is -0.180. The van der Waals surface area contributed by atoms with Crippen LogP contribution in [0.4, 0.5) is 0 Å². The van der Waals surface area contributed by atoms with Crippen molar-refractivity contribution in [1.29, 1.82) is 0 Å². The molecule has 1 unspecified atom stereocenters. The Bertz CT molecular complexity index is 133. The van der Waals surface area contributed by atoms with E-state index in [1.54, 1.807) is 0 Å². The molecule has 0 N–H and O–H groups in total. The van der Waals surface area contributed by atoms with Crippen molar-refractivity contribution < 1.29 is 0 Å². The quantitative estimate of drug-likeness (QED) is 0.505. The zero-order valence-corrected chi connectivity index (χ0v) is 6.90. The third-order valence-corrected chi connectivity index (χ3v) is 2.61. The first-order valence-electron chi connectivity index (χ1n) is 3.08. The molecule has 0 spiro atoms. The van der Waals surface area contributed by atoms with Crippen molar-refractivity contribution >= 4 is 16.9 Å². The van der Waals surface area contributed by atoms with Crippen LogP contribution in [0.25, 0.3) is 0 Å². The van der Waals surface area contributed by atoms with E-state index < -0.39 is 0 Å². The highest BCUT2D eigenvalue weighted by Gasteiger charge is 2.20. The fraction of sp³-hybridized carbons (Fsp3) is 0.833. The molecule has 1 rings (SSSR count). The maximum atomic E-state index is 4.12. The molecule has 1 aliphatic rings. The first-order valence-corrected chi connectivity index (χ1v) is 3.96. The molecule has 1 aliphatic heterocycles. The average Bonchev–Trinajstić information content (AvgIpc) is 2.10. The molecule has 0 aliphatic carbocycles. The lowest BCUT2D eigenvalue weighted by atomic mass is 10.4. The number of amidine groups is 1. The maximum absolute atomic E-state index is 4.12. The number of aliphatic imine (C=N–C) groups is 1. The Morgan fingerprint density at radius 3 is 2.67 bits per heavy atom. The summed E-state index contributed by atoms with van der Waals surface area (Å²) in [4.78, 5) is 6.31. The lowest BCUT2D eigenvalue weighted by molar-refractivity contribution is 0.532. The van der Waals surface area contributed by atoms with Crippen molar-refractivity contribution in [3.63, 3.8) is 0 Å². The van der Waals surface area contributed by atoms with Crippen LogP contribution in [-0.2, 0) is 0 Å². The molecule has 9 heavy (non-hydrogen) atoms. The highest BCUT2D eigenvalue weighted by Crippen LogP contribution is 2.22. The Labute approximate surface area is 60.3 Å². The van der Waals surface area contributed by atoms with Crippen LogP contribution in [0.3, 0.4) is 0 Å². The Kier molecular flexibility index (Phi) is 2.01. The van der Waals surface area contributed by atoms with Gasteiger partial charge in [0.15, 0.2) is 5.17 Å². The number of nitrogens with zero attached hydrogens (tertiary/aromatic N) is 2. The molecule has 52 valence electrons. The van der Waals surface area contributed by atoms with Gasteiger partial charge in [0.1, 0.15) is 0 Å². The van der Waals surface area contributed by atoms with Gasteiger partial charge in [-0.05, 0) is 0 Å².